The number of hydrogen-bond acceptors (Lipinski definition) is 4. The van der Waals surface area contributed by atoms with E-state index in [1.807, 2.05) is 6.92 Å². The second kappa shape index (κ2) is 9.31. The summed E-state index contributed by atoms with van der Waals surface area (Å²) < 4.78 is 65.0. The number of hydrogen-bond donors (Lipinski definition) is 3. The number of carbonyl (C=O) groups is 1. The third-order valence-electron chi connectivity index (χ3n) is 4.39. The predicted molar refractivity (Wildman–Crippen MR) is 117 cm³/mol. The summed E-state index contributed by atoms with van der Waals surface area (Å²) in [6, 6.07) is 18.0. The van der Waals surface area contributed by atoms with Crippen molar-refractivity contribution in [1.82, 2.24) is 0 Å². The molecule has 0 saturated heterocycles. The standard InChI is InChI=1S/C22H20F3N3O3S/c1-15-6-10-17(11-7-15)28-32(30,31)18-12-8-16(9-13-18)21(29)27-20-5-3-2-4-19(20)26-14-22(23,24)25/h2-13,26,28H,14H2,1H3,(H,27,29). The smallest absolute Gasteiger partial charge is 0.375 e. The Morgan fingerprint density at radius 1 is 0.875 bits per heavy atom. The maximum absolute atomic E-state index is 12.5. The second-order valence-electron chi connectivity index (χ2n) is 6.96. The summed E-state index contributed by atoms with van der Waals surface area (Å²) in [5.74, 6) is -0.596. The summed E-state index contributed by atoms with van der Waals surface area (Å²) >= 11 is 0. The highest BCUT2D eigenvalue weighted by Gasteiger charge is 2.27. The lowest BCUT2D eigenvalue weighted by Crippen LogP contribution is -2.22. The van der Waals surface area contributed by atoms with Crippen molar-refractivity contribution >= 4 is 33.0 Å². The van der Waals surface area contributed by atoms with Crippen LogP contribution in [0.4, 0.5) is 30.2 Å². The van der Waals surface area contributed by atoms with Gasteiger partial charge in [0.25, 0.3) is 15.9 Å². The average molecular weight is 463 g/mol. The first kappa shape index (κ1) is 23.1. The van der Waals surface area contributed by atoms with Gasteiger partial charge in [-0.3, -0.25) is 9.52 Å². The molecule has 3 aromatic carbocycles. The van der Waals surface area contributed by atoms with E-state index in [-0.39, 0.29) is 21.8 Å². The first-order chi connectivity index (χ1) is 15.0. The van der Waals surface area contributed by atoms with Crippen molar-refractivity contribution in [2.45, 2.75) is 18.0 Å². The number of para-hydroxylation sites is 2. The third kappa shape index (κ3) is 6.24. The number of anilines is 3. The Balaban J connectivity index is 1.71. The molecule has 10 heteroatoms. The number of alkyl halides is 3. The third-order valence-corrected chi connectivity index (χ3v) is 5.78. The topological polar surface area (TPSA) is 87.3 Å². The lowest BCUT2D eigenvalue weighted by molar-refractivity contribution is -0.115. The molecule has 32 heavy (non-hydrogen) atoms. The molecule has 0 fully saturated rings. The molecule has 0 spiro atoms. The number of nitrogens with one attached hydrogen (secondary N) is 3. The van der Waals surface area contributed by atoms with Crippen molar-refractivity contribution in [2.75, 3.05) is 21.9 Å². The van der Waals surface area contributed by atoms with Crippen LogP contribution < -0.4 is 15.4 Å². The zero-order valence-corrected chi connectivity index (χ0v) is 17.7. The average Bonchev–Trinajstić information content (AvgIpc) is 2.74. The highest BCUT2D eigenvalue weighted by Crippen LogP contribution is 2.24. The lowest BCUT2D eigenvalue weighted by Gasteiger charge is -2.14. The quantitative estimate of drug-likeness (QED) is 0.459. The van der Waals surface area contributed by atoms with Crippen molar-refractivity contribution in [3.63, 3.8) is 0 Å². The Morgan fingerprint density at radius 3 is 2.06 bits per heavy atom. The number of sulfonamides is 1. The Hall–Kier alpha value is -3.53. The van der Waals surface area contributed by atoms with Gasteiger partial charge in [0, 0.05) is 11.3 Å². The van der Waals surface area contributed by atoms with E-state index in [2.05, 4.69) is 15.4 Å². The van der Waals surface area contributed by atoms with Gasteiger partial charge >= 0.3 is 6.18 Å². The minimum atomic E-state index is -4.41. The van der Waals surface area contributed by atoms with E-state index in [0.29, 0.717) is 5.69 Å². The number of rotatable bonds is 7. The van der Waals surface area contributed by atoms with Gasteiger partial charge in [0.05, 0.1) is 16.3 Å². The molecule has 0 heterocycles. The Labute approximate surface area is 183 Å². The monoisotopic (exact) mass is 463 g/mol. The fourth-order valence-electron chi connectivity index (χ4n) is 2.76. The van der Waals surface area contributed by atoms with Crippen LogP contribution in [0.2, 0.25) is 0 Å². The molecule has 168 valence electrons. The lowest BCUT2D eigenvalue weighted by atomic mass is 10.2. The fraction of sp³-hybridized carbons (Fsp3) is 0.136. The summed E-state index contributed by atoms with van der Waals surface area (Å²) in [5, 5.41) is 4.77. The van der Waals surface area contributed by atoms with Gasteiger partial charge in [0.1, 0.15) is 6.54 Å². The van der Waals surface area contributed by atoms with Crippen molar-refractivity contribution in [1.29, 1.82) is 0 Å². The van der Waals surface area contributed by atoms with E-state index in [1.54, 1.807) is 30.3 Å². The molecular weight excluding hydrogens is 443 g/mol. The normalized spacial score (nSPS) is 11.6. The maximum atomic E-state index is 12.5. The Bertz CT molecular complexity index is 1190. The summed E-state index contributed by atoms with van der Waals surface area (Å²) in [7, 11) is -3.85. The molecule has 3 rings (SSSR count). The van der Waals surface area contributed by atoms with Crippen LogP contribution in [0.3, 0.4) is 0 Å². The van der Waals surface area contributed by atoms with E-state index in [9.17, 15) is 26.4 Å². The van der Waals surface area contributed by atoms with E-state index >= 15 is 0 Å². The van der Waals surface area contributed by atoms with Crippen LogP contribution in [0.15, 0.2) is 77.7 Å². The summed E-state index contributed by atoms with van der Waals surface area (Å²) in [6.45, 7) is 0.632. The summed E-state index contributed by atoms with van der Waals surface area (Å²) in [4.78, 5) is 12.5. The van der Waals surface area contributed by atoms with Gasteiger partial charge in [0.2, 0.25) is 0 Å². The molecule has 0 aliphatic carbocycles. The van der Waals surface area contributed by atoms with Gasteiger partial charge < -0.3 is 10.6 Å². The van der Waals surface area contributed by atoms with Crippen LogP contribution in [0.1, 0.15) is 15.9 Å². The van der Waals surface area contributed by atoms with Crippen LogP contribution in [0.25, 0.3) is 0 Å². The molecular formula is C22H20F3N3O3S. The van der Waals surface area contributed by atoms with Gasteiger partial charge in [-0.1, -0.05) is 29.8 Å². The van der Waals surface area contributed by atoms with E-state index in [4.69, 9.17) is 0 Å². The van der Waals surface area contributed by atoms with E-state index in [1.165, 1.54) is 42.5 Å². The number of halogens is 3. The molecule has 0 unspecified atom stereocenters. The van der Waals surface area contributed by atoms with E-state index in [0.717, 1.165) is 5.56 Å². The zero-order chi connectivity index (χ0) is 23.4. The van der Waals surface area contributed by atoms with Gasteiger partial charge in [-0.05, 0) is 55.5 Å². The molecule has 0 aliphatic rings. The molecule has 3 aromatic rings. The molecule has 0 saturated carbocycles. The van der Waals surface area contributed by atoms with Crippen molar-refractivity contribution in [2.24, 2.45) is 0 Å². The minimum absolute atomic E-state index is 0.0399. The molecule has 0 aromatic heterocycles. The van der Waals surface area contributed by atoms with Crippen LogP contribution in [-0.4, -0.2) is 27.0 Å². The molecule has 0 bridgehead atoms. The van der Waals surface area contributed by atoms with Crippen LogP contribution in [0, 0.1) is 6.92 Å². The van der Waals surface area contributed by atoms with Crippen molar-refractivity contribution < 1.29 is 26.4 Å². The molecule has 3 N–H and O–H groups in total. The molecule has 6 nitrogen and oxygen atoms in total. The van der Waals surface area contributed by atoms with Gasteiger partial charge in [0.15, 0.2) is 0 Å². The molecule has 0 atom stereocenters. The van der Waals surface area contributed by atoms with E-state index < -0.39 is 28.7 Å². The number of amides is 1. The second-order valence-corrected chi connectivity index (χ2v) is 8.65. The zero-order valence-electron chi connectivity index (χ0n) is 16.9. The Kier molecular flexibility index (Phi) is 6.73. The molecule has 0 radical (unpaired) electrons. The minimum Gasteiger partial charge on any atom is -0.375 e. The highest BCUT2D eigenvalue weighted by molar-refractivity contribution is 7.92. The van der Waals surface area contributed by atoms with Gasteiger partial charge in [-0.25, -0.2) is 8.42 Å². The number of aryl methyl sites for hydroxylation is 1. The first-order valence-corrected chi connectivity index (χ1v) is 10.9. The van der Waals surface area contributed by atoms with Crippen molar-refractivity contribution in [3.05, 3.63) is 83.9 Å². The van der Waals surface area contributed by atoms with Gasteiger partial charge in [-0.2, -0.15) is 13.2 Å². The highest BCUT2D eigenvalue weighted by atomic mass is 32.2. The number of benzene rings is 3. The van der Waals surface area contributed by atoms with Crippen LogP contribution >= 0.6 is 0 Å². The van der Waals surface area contributed by atoms with Crippen LogP contribution in [0.5, 0.6) is 0 Å². The summed E-state index contributed by atoms with van der Waals surface area (Å²) in [6.07, 6.45) is -4.41. The predicted octanol–water partition coefficient (Wildman–Crippen LogP) is 5.02. The largest absolute Gasteiger partial charge is 0.405 e. The maximum Gasteiger partial charge on any atom is 0.405 e. The van der Waals surface area contributed by atoms with Gasteiger partial charge in [-0.15, -0.1) is 0 Å². The number of carbonyl (C=O) groups excluding carboxylic acids is 1. The molecule has 1 amide bonds. The molecule has 0 aliphatic heterocycles. The van der Waals surface area contributed by atoms with Crippen LogP contribution in [-0.2, 0) is 10.0 Å². The SMILES string of the molecule is Cc1ccc(NS(=O)(=O)c2ccc(C(=O)Nc3ccccc3NCC(F)(F)F)cc2)cc1. The first-order valence-electron chi connectivity index (χ1n) is 9.44. The summed E-state index contributed by atoms with van der Waals surface area (Å²) in [5.41, 5.74) is 1.81. The van der Waals surface area contributed by atoms with Crippen molar-refractivity contribution in [3.8, 4) is 0 Å². The Morgan fingerprint density at radius 2 is 1.47 bits per heavy atom. The fourth-order valence-corrected chi connectivity index (χ4v) is 3.82.